The average molecular weight is 563 g/mol. The Labute approximate surface area is 225 Å². The van der Waals surface area contributed by atoms with Gasteiger partial charge in [-0.2, -0.15) is 13.2 Å². The summed E-state index contributed by atoms with van der Waals surface area (Å²) in [6.45, 7) is 1.70. The number of rotatable bonds is 8. The SMILES string of the molecule is CCS(=O)(=O)c1ccc(CNC(=O)c2ccc(N3CC(c4ccc(C(F)(F)F)cc4)CC[C@H]3CF)cc2)cc1. The highest BCUT2D eigenvalue weighted by atomic mass is 32.2. The van der Waals surface area contributed by atoms with Gasteiger partial charge in [-0.25, -0.2) is 12.8 Å². The highest BCUT2D eigenvalue weighted by molar-refractivity contribution is 7.91. The van der Waals surface area contributed by atoms with Gasteiger partial charge in [0.1, 0.15) is 6.67 Å². The van der Waals surface area contributed by atoms with E-state index < -0.39 is 28.3 Å². The van der Waals surface area contributed by atoms with Crippen LogP contribution in [0.1, 0.15) is 52.7 Å². The lowest BCUT2D eigenvalue weighted by Crippen LogP contribution is -2.44. The molecular formula is C29H30F4N2O3S. The monoisotopic (exact) mass is 562 g/mol. The van der Waals surface area contributed by atoms with Crippen LogP contribution in [0.25, 0.3) is 0 Å². The van der Waals surface area contributed by atoms with E-state index in [1.165, 1.54) is 24.3 Å². The van der Waals surface area contributed by atoms with Crippen molar-refractivity contribution < 1.29 is 30.8 Å². The fourth-order valence-corrected chi connectivity index (χ4v) is 5.67. The van der Waals surface area contributed by atoms with Gasteiger partial charge < -0.3 is 10.2 Å². The number of carbonyl (C=O) groups is 1. The summed E-state index contributed by atoms with van der Waals surface area (Å²) in [6.07, 6.45) is -3.17. The molecule has 208 valence electrons. The number of carbonyl (C=O) groups excluding carboxylic acids is 1. The maximum Gasteiger partial charge on any atom is 0.416 e. The molecule has 1 fully saturated rings. The maximum absolute atomic E-state index is 13.8. The number of halogens is 4. The Morgan fingerprint density at radius 2 is 1.59 bits per heavy atom. The van der Waals surface area contributed by atoms with Crippen LogP contribution in [0.2, 0.25) is 0 Å². The zero-order valence-electron chi connectivity index (χ0n) is 21.4. The third-order valence-corrected chi connectivity index (χ3v) is 8.92. The van der Waals surface area contributed by atoms with Crippen molar-refractivity contribution in [3.63, 3.8) is 0 Å². The van der Waals surface area contributed by atoms with E-state index in [4.69, 9.17) is 0 Å². The van der Waals surface area contributed by atoms with Crippen molar-refractivity contribution in [1.82, 2.24) is 5.32 Å². The van der Waals surface area contributed by atoms with Gasteiger partial charge in [0.15, 0.2) is 9.84 Å². The molecule has 0 radical (unpaired) electrons. The Bertz CT molecular complexity index is 1370. The summed E-state index contributed by atoms with van der Waals surface area (Å²) < 4.78 is 76.5. The number of anilines is 1. The average Bonchev–Trinajstić information content (AvgIpc) is 2.95. The minimum Gasteiger partial charge on any atom is -0.365 e. The van der Waals surface area contributed by atoms with E-state index in [1.807, 2.05) is 4.90 Å². The van der Waals surface area contributed by atoms with Crippen LogP contribution in [0.3, 0.4) is 0 Å². The van der Waals surface area contributed by atoms with Crippen molar-refractivity contribution in [2.45, 2.75) is 49.3 Å². The maximum atomic E-state index is 13.8. The molecule has 10 heteroatoms. The molecule has 3 aromatic carbocycles. The smallest absolute Gasteiger partial charge is 0.365 e. The Morgan fingerprint density at radius 3 is 2.15 bits per heavy atom. The first kappa shape index (κ1) is 28.6. The molecule has 1 aliphatic rings. The molecule has 1 unspecified atom stereocenters. The number of nitrogens with one attached hydrogen (secondary N) is 1. The molecule has 2 atom stereocenters. The summed E-state index contributed by atoms with van der Waals surface area (Å²) in [4.78, 5) is 14.8. The number of hydrogen-bond acceptors (Lipinski definition) is 4. The third kappa shape index (κ3) is 6.79. The molecule has 5 nitrogen and oxygen atoms in total. The van der Waals surface area contributed by atoms with E-state index in [9.17, 15) is 30.8 Å². The number of piperidine rings is 1. The Morgan fingerprint density at radius 1 is 0.949 bits per heavy atom. The molecule has 1 amide bonds. The van der Waals surface area contributed by atoms with E-state index in [-0.39, 0.29) is 35.1 Å². The zero-order chi connectivity index (χ0) is 28.2. The summed E-state index contributed by atoms with van der Waals surface area (Å²) in [5.41, 5.74) is 1.98. The van der Waals surface area contributed by atoms with Crippen LogP contribution in [0, 0.1) is 0 Å². The first-order valence-electron chi connectivity index (χ1n) is 12.7. The van der Waals surface area contributed by atoms with Gasteiger partial charge in [0.25, 0.3) is 5.91 Å². The summed E-state index contributed by atoms with van der Waals surface area (Å²) in [5, 5.41) is 2.81. The summed E-state index contributed by atoms with van der Waals surface area (Å²) in [6, 6.07) is 17.9. The van der Waals surface area contributed by atoms with Crippen molar-refractivity contribution in [2.75, 3.05) is 23.9 Å². The highest BCUT2D eigenvalue weighted by Crippen LogP contribution is 2.35. The fourth-order valence-electron chi connectivity index (χ4n) is 4.79. The molecule has 0 spiro atoms. The summed E-state index contributed by atoms with van der Waals surface area (Å²) in [7, 11) is -3.29. The summed E-state index contributed by atoms with van der Waals surface area (Å²) >= 11 is 0. The van der Waals surface area contributed by atoms with Crippen LogP contribution in [-0.4, -0.2) is 39.3 Å². The minimum absolute atomic E-state index is 0.0122. The molecule has 39 heavy (non-hydrogen) atoms. The molecule has 3 aromatic rings. The van der Waals surface area contributed by atoms with Crippen LogP contribution in [0.4, 0.5) is 23.2 Å². The van der Waals surface area contributed by atoms with Crippen molar-refractivity contribution in [1.29, 1.82) is 0 Å². The molecule has 1 N–H and O–H groups in total. The summed E-state index contributed by atoms with van der Waals surface area (Å²) in [5.74, 6) is -0.343. The lowest BCUT2D eigenvalue weighted by atomic mass is 9.86. The van der Waals surface area contributed by atoms with Crippen LogP contribution < -0.4 is 10.2 Å². The number of hydrogen-bond donors (Lipinski definition) is 1. The predicted octanol–water partition coefficient (Wildman–Crippen LogP) is 6.15. The lowest BCUT2D eigenvalue weighted by molar-refractivity contribution is -0.137. The first-order valence-corrected chi connectivity index (χ1v) is 14.4. The second-order valence-electron chi connectivity index (χ2n) is 9.63. The highest BCUT2D eigenvalue weighted by Gasteiger charge is 2.32. The second-order valence-corrected chi connectivity index (χ2v) is 11.9. The molecule has 4 rings (SSSR count). The number of sulfone groups is 1. The van der Waals surface area contributed by atoms with E-state index in [1.54, 1.807) is 43.3 Å². The number of nitrogens with zero attached hydrogens (tertiary/aromatic N) is 1. The van der Waals surface area contributed by atoms with Gasteiger partial charge in [-0.15, -0.1) is 0 Å². The third-order valence-electron chi connectivity index (χ3n) is 7.17. The van der Waals surface area contributed by atoms with Gasteiger partial charge in [0, 0.05) is 30.3 Å². The number of amides is 1. The van der Waals surface area contributed by atoms with Crippen molar-refractivity contribution in [3.8, 4) is 0 Å². The predicted molar refractivity (Wildman–Crippen MR) is 142 cm³/mol. The quantitative estimate of drug-likeness (QED) is 0.335. The normalized spacial score (nSPS) is 18.1. The van der Waals surface area contributed by atoms with Crippen molar-refractivity contribution in [2.24, 2.45) is 0 Å². The Kier molecular flexibility index (Phi) is 8.64. The molecule has 1 heterocycles. The number of benzene rings is 3. The number of alkyl halides is 4. The van der Waals surface area contributed by atoms with Gasteiger partial charge in [-0.05, 0) is 72.5 Å². The second kappa shape index (κ2) is 11.8. The zero-order valence-corrected chi connectivity index (χ0v) is 22.2. The fraction of sp³-hybridized carbons (Fsp3) is 0.345. The minimum atomic E-state index is -4.40. The van der Waals surface area contributed by atoms with E-state index in [2.05, 4.69) is 5.32 Å². The van der Waals surface area contributed by atoms with Gasteiger partial charge in [-0.1, -0.05) is 31.2 Å². The first-order chi connectivity index (χ1) is 18.5. The van der Waals surface area contributed by atoms with Crippen molar-refractivity contribution in [3.05, 3.63) is 95.1 Å². The van der Waals surface area contributed by atoms with Gasteiger partial charge in [0.05, 0.1) is 22.3 Å². The van der Waals surface area contributed by atoms with Gasteiger partial charge in [-0.3, -0.25) is 4.79 Å². The molecule has 0 bridgehead atoms. The Hall–Kier alpha value is -3.40. The molecule has 1 saturated heterocycles. The Balaban J connectivity index is 1.40. The lowest BCUT2D eigenvalue weighted by Gasteiger charge is -2.40. The molecular weight excluding hydrogens is 532 g/mol. The van der Waals surface area contributed by atoms with E-state index >= 15 is 0 Å². The van der Waals surface area contributed by atoms with E-state index in [0.29, 0.717) is 24.9 Å². The van der Waals surface area contributed by atoms with Crippen molar-refractivity contribution >= 4 is 21.4 Å². The topological polar surface area (TPSA) is 66.5 Å². The molecule has 0 aliphatic carbocycles. The molecule has 1 aliphatic heterocycles. The van der Waals surface area contributed by atoms with Crippen LogP contribution in [0.5, 0.6) is 0 Å². The standard InChI is InChI=1S/C29H30F4N2O3S/c1-2-39(37,38)27-15-3-20(4-16-27)18-34-28(36)22-7-12-25(13-8-22)35-19-23(9-14-26(35)17-30)21-5-10-24(11-6-21)29(31,32)33/h3-8,10-13,15-16,23,26H,2,9,14,17-19H2,1H3,(H,34,36)/t23?,26-/m0/s1. The van der Waals surface area contributed by atoms with Gasteiger partial charge in [0.2, 0.25) is 0 Å². The van der Waals surface area contributed by atoms with E-state index in [0.717, 1.165) is 28.9 Å². The molecule has 0 aromatic heterocycles. The van der Waals surface area contributed by atoms with Crippen LogP contribution in [-0.2, 0) is 22.6 Å². The molecule has 0 saturated carbocycles. The van der Waals surface area contributed by atoms with Gasteiger partial charge >= 0.3 is 6.18 Å². The largest absolute Gasteiger partial charge is 0.416 e. The van der Waals surface area contributed by atoms with Crippen LogP contribution in [0.15, 0.2) is 77.7 Å². The van der Waals surface area contributed by atoms with Crippen LogP contribution >= 0.6 is 0 Å².